The minimum atomic E-state index is 0.0789. The number of carbonyl (C=O) groups is 1. The molecule has 1 amide bonds. The number of anilines is 1. The summed E-state index contributed by atoms with van der Waals surface area (Å²) < 4.78 is 0. The zero-order valence-electron chi connectivity index (χ0n) is 12.7. The van der Waals surface area contributed by atoms with Crippen LogP contribution < -0.4 is 10.6 Å². The van der Waals surface area contributed by atoms with Gasteiger partial charge in [-0.2, -0.15) is 5.10 Å². The van der Waals surface area contributed by atoms with Crippen molar-refractivity contribution < 1.29 is 4.79 Å². The number of hydrogen-bond acceptors (Lipinski definition) is 4. The number of rotatable bonds is 4. The van der Waals surface area contributed by atoms with E-state index in [1.165, 1.54) is 0 Å². The van der Waals surface area contributed by atoms with Crippen LogP contribution in [0.15, 0.2) is 24.3 Å². The van der Waals surface area contributed by atoms with E-state index >= 15 is 0 Å². The number of piperidine rings is 1. The molecule has 1 aliphatic heterocycles. The van der Waals surface area contributed by atoms with Crippen LogP contribution in [-0.4, -0.2) is 34.2 Å². The van der Waals surface area contributed by atoms with Gasteiger partial charge in [0.05, 0.1) is 0 Å². The number of H-pyrrole nitrogens is 1. The third kappa shape index (κ3) is 3.71. The van der Waals surface area contributed by atoms with Crippen molar-refractivity contribution in [1.82, 2.24) is 20.5 Å². The number of aromatic amines is 1. The molecule has 1 aliphatic rings. The van der Waals surface area contributed by atoms with Gasteiger partial charge >= 0.3 is 0 Å². The van der Waals surface area contributed by atoms with E-state index in [-0.39, 0.29) is 5.91 Å². The Bertz CT molecular complexity index is 645. The lowest BCUT2D eigenvalue weighted by molar-refractivity contribution is -0.117. The molecule has 2 aromatic rings. The number of hydrogen-bond donors (Lipinski definition) is 3. The van der Waals surface area contributed by atoms with Crippen LogP contribution in [0, 0.1) is 12.8 Å². The Morgan fingerprint density at radius 3 is 2.91 bits per heavy atom. The number of aryl methyl sites for hydroxylation is 1. The van der Waals surface area contributed by atoms with Crippen LogP contribution in [0.2, 0.25) is 0 Å². The molecule has 0 aliphatic carbocycles. The van der Waals surface area contributed by atoms with E-state index < -0.39 is 0 Å². The Morgan fingerprint density at radius 1 is 1.36 bits per heavy atom. The molecule has 1 fully saturated rings. The Balaban J connectivity index is 1.63. The van der Waals surface area contributed by atoms with Crippen molar-refractivity contribution in [3.05, 3.63) is 30.1 Å². The fourth-order valence-corrected chi connectivity index (χ4v) is 2.77. The van der Waals surface area contributed by atoms with Gasteiger partial charge in [-0.15, -0.1) is 0 Å². The Kier molecular flexibility index (Phi) is 4.48. The summed E-state index contributed by atoms with van der Waals surface area (Å²) in [6.45, 7) is 3.89. The van der Waals surface area contributed by atoms with Gasteiger partial charge in [-0.05, 0) is 50.9 Å². The van der Waals surface area contributed by atoms with Crippen molar-refractivity contribution in [2.24, 2.45) is 5.92 Å². The van der Waals surface area contributed by atoms with Crippen LogP contribution in [0.25, 0.3) is 11.4 Å². The smallest absolute Gasteiger partial charge is 0.224 e. The predicted molar refractivity (Wildman–Crippen MR) is 85.4 cm³/mol. The second-order valence-corrected chi connectivity index (χ2v) is 5.77. The molecule has 0 unspecified atom stereocenters. The highest BCUT2D eigenvalue weighted by atomic mass is 16.1. The van der Waals surface area contributed by atoms with Gasteiger partial charge in [-0.1, -0.05) is 12.1 Å². The summed E-state index contributed by atoms with van der Waals surface area (Å²) in [6.07, 6.45) is 2.74. The van der Waals surface area contributed by atoms with E-state index in [0.29, 0.717) is 18.2 Å². The molecular weight excluding hydrogens is 278 g/mol. The van der Waals surface area contributed by atoms with Gasteiger partial charge in [0.15, 0.2) is 5.82 Å². The monoisotopic (exact) mass is 299 g/mol. The molecule has 0 radical (unpaired) electrons. The lowest BCUT2D eigenvalue weighted by Gasteiger charge is -2.21. The van der Waals surface area contributed by atoms with Gasteiger partial charge < -0.3 is 10.6 Å². The summed E-state index contributed by atoms with van der Waals surface area (Å²) in [5.74, 6) is 1.98. The molecule has 2 heterocycles. The molecule has 0 saturated carbocycles. The summed E-state index contributed by atoms with van der Waals surface area (Å²) in [4.78, 5) is 16.5. The molecule has 0 atom stereocenters. The van der Waals surface area contributed by atoms with Crippen molar-refractivity contribution in [3.63, 3.8) is 0 Å². The Hall–Kier alpha value is -2.21. The van der Waals surface area contributed by atoms with Crippen LogP contribution in [-0.2, 0) is 4.79 Å². The zero-order chi connectivity index (χ0) is 15.4. The number of benzene rings is 1. The second-order valence-electron chi connectivity index (χ2n) is 5.77. The van der Waals surface area contributed by atoms with Crippen molar-refractivity contribution in [1.29, 1.82) is 0 Å². The summed E-state index contributed by atoms with van der Waals surface area (Å²) in [5, 5.41) is 13.3. The van der Waals surface area contributed by atoms with Crippen LogP contribution in [0.1, 0.15) is 25.1 Å². The van der Waals surface area contributed by atoms with E-state index in [1.807, 2.05) is 31.2 Å². The molecule has 1 saturated heterocycles. The fraction of sp³-hybridized carbons (Fsp3) is 0.438. The first-order valence-corrected chi connectivity index (χ1v) is 7.71. The van der Waals surface area contributed by atoms with Crippen molar-refractivity contribution >= 4 is 11.6 Å². The van der Waals surface area contributed by atoms with Crippen molar-refractivity contribution in [2.45, 2.75) is 26.2 Å². The maximum atomic E-state index is 12.2. The molecule has 0 bridgehead atoms. The molecule has 1 aromatic heterocycles. The van der Waals surface area contributed by atoms with E-state index in [9.17, 15) is 4.79 Å². The van der Waals surface area contributed by atoms with Crippen LogP contribution in [0.3, 0.4) is 0 Å². The molecular formula is C16H21N5O. The van der Waals surface area contributed by atoms with E-state index in [0.717, 1.165) is 43.0 Å². The number of nitrogens with one attached hydrogen (secondary N) is 3. The first kappa shape index (κ1) is 14.7. The Labute approximate surface area is 129 Å². The van der Waals surface area contributed by atoms with E-state index in [2.05, 4.69) is 25.8 Å². The van der Waals surface area contributed by atoms with Crippen LogP contribution in [0.5, 0.6) is 0 Å². The number of amides is 1. The van der Waals surface area contributed by atoms with Crippen molar-refractivity contribution in [2.75, 3.05) is 18.4 Å². The first-order chi connectivity index (χ1) is 10.7. The molecule has 3 rings (SSSR count). The van der Waals surface area contributed by atoms with E-state index in [1.54, 1.807) is 0 Å². The quantitative estimate of drug-likeness (QED) is 0.807. The normalized spacial score (nSPS) is 15.7. The lowest BCUT2D eigenvalue weighted by Crippen LogP contribution is -2.30. The van der Waals surface area contributed by atoms with Crippen molar-refractivity contribution in [3.8, 4) is 11.4 Å². The SMILES string of the molecule is Cc1nc(-c2cccc(NC(=O)CC3CCNCC3)c2)n[nH]1. The average molecular weight is 299 g/mol. The van der Waals surface area contributed by atoms with Gasteiger partial charge in [-0.25, -0.2) is 4.98 Å². The first-order valence-electron chi connectivity index (χ1n) is 7.71. The average Bonchev–Trinajstić information content (AvgIpc) is 2.95. The summed E-state index contributed by atoms with van der Waals surface area (Å²) in [6, 6.07) is 7.64. The van der Waals surface area contributed by atoms with Crippen LogP contribution >= 0.6 is 0 Å². The molecule has 6 nitrogen and oxygen atoms in total. The van der Waals surface area contributed by atoms with Gasteiger partial charge in [-0.3, -0.25) is 9.89 Å². The summed E-state index contributed by atoms with van der Waals surface area (Å²) >= 11 is 0. The largest absolute Gasteiger partial charge is 0.326 e. The number of aromatic nitrogens is 3. The highest BCUT2D eigenvalue weighted by molar-refractivity contribution is 5.91. The highest BCUT2D eigenvalue weighted by Crippen LogP contribution is 2.21. The van der Waals surface area contributed by atoms with Crippen LogP contribution in [0.4, 0.5) is 5.69 Å². The third-order valence-corrected chi connectivity index (χ3v) is 3.93. The zero-order valence-corrected chi connectivity index (χ0v) is 12.7. The van der Waals surface area contributed by atoms with Gasteiger partial charge in [0.1, 0.15) is 5.82 Å². The third-order valence-electron chi connectivity index (χ3n) is 3.93. The topological polar surface area (TPSA) is 82.7 Å². The molecule has 6 heteroatoms. The maximum absolute atomic E-state index is 12.2. The van der Waals surface area contributed by atoms with Gasteiger partial charge in [0.25, 0.3) is 0 Å². The summed E-state index contributed by atoms with van der Waals surface area (Å²) in [5.41, 5.74) is 1.68. The second kappa shape index (κ2) is 6.70. The molecule has 3 N–H and O–H groups in total. The fourth-order valence-electron chi connectivity index (χ4n) is 2.77. The summed E-state index contributed by atoms with van der Waals surface area (Å²) in [7, 11) is 0. The molecule has 0 spiro atoms. The number of nitrogens with zero attached hydrogens (tertiary/aromatic N) is 2. The van der Waals surface area contributed by atoms with E-state index in [4.69, 9.17) is 0 Å². The van der Waals surface area contributed by atoms with Gasteiger partial charge in [0.2, 0.25) is 5.91 Å². The highest BCUT2D eigenvalue weighted by Gasteiger charge is 2.17. The molecule has 116 valence electrons. The number of carbonyl (C=O) groups excluding carboxylic acids is 1. The minimum absolute atomic E-state index is 0.0789. The Morgan fingerprint density at radius 2 is 2.18 bits per heavy atom. The molecule has 22 heavy (non-hydrogen) atoms. The van der Waals surface area contributed by atoms with Gasteiger partial charge in [0, 0.05) is 17.7 Å². The lowest BCUT2D eigenvalue weighted by atomic mass is 9.94. The maximum Gasteiger partial charge on any atom is 0.224 e. The predicted octanol–water partition coefficient (Wildman–Crippen LogP) is 2.11. The molecule has 1 aromatic carbocycles. The standard InChI is InChI=1S/C16H21N5O/c1-11-18-16(21-20-11)13-3-2-4-14(10-13)19-15(22)9-12-5-7-17-8-6-12/h2-4,10,12,17H,5-9H2,1H3,(H,19,22)(H,18,20,21). The minimum Gasteiger partial charge on any atom is -0.326 e.